The van der Waals surface area contributed by atoms with E-state index in [9.17, 15) is 0 Å². The Kier molecular flexibility index (Phi) is 2.90. The first-order valence-electron chi connectivity index (χ1n) is 7.50. The summed E-state index contributed by atoms with van der Waals surface area (Å²) in [5.74, 6) is 0.995. The number of nitrogen functional groups attached to an aromatic ring is 1. The van der Waals surface area contributed by atoms with Crippen molar-refractivity contribution in [3.05, 3.63) is 30.4 Å². The number of aryl methyl sites for hydroxylation is 1. The van der Waals surface area contributed by atoms with Gasteiger partial charge in [-0.3, -0.25) is 4.68 Å². The molecule has 3 aromatic heterocycles. The van der Waals surface area contributed by atoms with E-state index in [1.165, 1.54) is 0 Å². The van der Waals surface area contributed by atoms with Crippen LogP contribution in [0, 0.1) is 0 Å². The average Bonchev–Trinajstić information content (AvgIpc) is 3.18. The Balaban J connectivity index is 1.85. The number of anilines is 1. The van der Waals surface area contributed by atoms with Gasteiger partial charge in [0.25, 0.3) is 0 Å². The van der Waals surface area contributed by atoms with Gasteiger partial charge in [-0.25, -0.2) is 4.98 Å². The maximum atomic E-state index is 6.16. The Morgan fingerprint density at radius 3 is 2.77 bits per heavy atom. The molecule has 0 aromatic carbocycles. The molecule has 0 saturated heterocycles. The lowest BCUT2D eigenvalue weighted by atomic mass is 10.0. The van der Waals surface area contributed by atoms with Crippen molar-refractivity contribution in [2.45, 2.75) is 31.2 Å². The highest BCUT2D eigenvalue weighted by Crippen LogP contribution is 2.34. The van der Waals surface area contributed by atoms with Gasteiger partial charge < -0.3 is 11.5 Å². The SMILES string of the molecule is Cn1cc(-c2cnn3c(N)cc(C4CC[C@H](N)C4)nc23)cn1. The maximum absolute atomic E-state index is 6.16. The van der Waals surface area contributed by atoms with Gasteiger partial charge in [0, 0.05) is 48.1 Å². The second-order valence-electron chi connectivity index (χ2n) is 6.07. The molecule has 4 rings (SSSR count). The minimum absolute atomic E-state index is 0.270. The summed E-state index contributed by atoms with van der Waals surface area (Å²) >= 11 is 0. The second kappa shape index (κ2) is 4.81. The number of fused-ring (bicyclic) bond motifs is 1. The van der Waals surface area contributed by atoms with Gasteiger partial charge in [0.15, 0.2) is 5.65 Å². The molecule has 0 bridgehead atoms. The van der Waals surface area contributed by atoms with E-state index in [2.05, 4.69) is 10.2 Å². The van der Waals surface area contributed by atoms with E-state index < -0.39 is 0 Å². The van der Waals surface area contributed by atoms with Gasteiger partial charge in [-0.2, -0.15) is 14.7 Å². The fraction of sp³-hybridized carbons (Fsp3) is 0.400. The zero-order chi connectivity index (χ0) is 15.3. The van der Waals surface area contributed by atoms with Gasteiger partial charge in [0.1, 0.15) is 5.82 Å². The Hall–Kier alpha value is -2.41. The molecule has 1 fully saturated rings. The first-order chi connectivity index (χ1) is 10.6. The molecule has 1 unspecified atom stereocenters. The third kappa shape index (κ3) is 2.05. The topological polar surface area (TPSA) is 100 Å². The summed E-state index contributed by atoms with van der Waals surface area (Å²) in [6, 6.07) is 2.20. The van der Waals surface area contributed by atoms with Crippen molar-refractivity contribution in [3.63, 3.8) is 0 Å². The average molecular weight is 297 g/mol. The van der Waals surface area contributed by atoms with Crippen LogP contribution in [0.3, 0.4) is 0 Å². The fourth-order valence-corrected chi connectivity index (χ4v) is 3.26. The van der Waals surface area contributed by atoms with Crippen LogP contribution in [-0.4, -0.2) is 30.4 Å². The van der Waals surface area contributed by atoms with Crippen LogP contribution < -0.4 is 11.5 Å². The van der Waals surface area contributed by atoms with Gasteiger partial charge >= 0.3 is 0 Å². The highest BCUT2D eigenvalue weighted by Gasteiger charge is 2.25. The Labute approximate surface area is 127 Å². The Morgan fingerprint density at radius 1 is 1.23 bits per heavy atom. The van der Waals surface area contributed by atoms with Crippen LogP contribution in [0.5, 0.6) is 0 Å². The summed E-state index contributed by atoms with van der Waals surface area (Å²) in [6.45, 7) is 0. The first-order valence-corrected chi connectivity index (χ1v) is 7.50. The molecule has 1 aliphatic rings. The summed E-state index contributed by atoms with van der Waals surface area (Å²) in [6.07, 6.45) is 8.64. The third-order valence-corrected chi connectivity index (χ3v) is 4.43. The van der Waals surface area contributed by atoms with Crippen molar-refractivity contribution in [2.75, 3.05) is 5.73 Å². The number of hydrogen-bond acceptors (Lipinski definition) is 5. The van der Waals surface area contributed by atoms with Crippen LogP contribution in [0.2, 0.25) is 0 Å². The van der Waals surface area contributed by atoms with E-state index in [0.717, 1.165) is 41.7 Å². The molecule has 0 radical (unpaired) electrons. The fourth-order valence-electron chi connectivity index (χ4n) is 3.26. The summed E-state index contributed by atoms with van der Waals surface area (Å²) in [5.41, 5.74) is 15.9. The molecular weight excluding hydrogens is 278 g/mol. The number of hydrogen-bond donors (Lipinski definition) is 2. The van der Waals surface area contributed by atoms with Crippen molar-refractivity contribution < 1.29 is 0 Å². The van der Waals surface area contributed by atoms with E-state index in [4.69, 9.17) is 16.5 Å². The van der Waals surface area contributed by atoms with Gasteiger partial charge in [-0.05, 0) is 19.3 Å². The molecule has 4 N–H and O–H groups in total. The number of rotatable bonds is 2. The molecule has 1 saturated carbocycles. The van der Waals surface area contributed by atoms with E-state index in [1.807, 2.05) is 25.5 Å². The highest BCUT2D eigenvalue weighted by molar-refractivity contribution is 5.77. The van der Waals surface area contributed by atoms with E-state index in [1.54, 1.807) is 15.4 Å². The van der Waals surface area contributed by atoms with Gasteiger partial charge in [0.05, 0.1) is 12.4 Å². The monoisotopic (exact) mass is 297 g/mol. The van der Waals surface area contributed by atoms with Crippen LogP contribution in [-0.2, 0) is 7.05 Å². The molecule has 7 heteroatoms. The summed E-state index contributed by atoms with van der Waals surface area (Å²) in [4.78, 5) is 4.83. The molecule has 7 nitrogen and oxygen atoms in total. The summed E-state index contributed by atoms with van der Waals surface area (Å²) < 4.78 is 3.45. The lowest BCUT2D eigenvalue weighted by molar-refractivity contribution is 0.661. The van der Waals surface area contributed by atoms with Crippen LogP contribution in [0.1, 0.15) is 30.9 Å². The van der Waals surface area contributed by atoms with Crippen molar-refractivity contribution in [1.29, 1.82) is 0 Å². The zero-order valence-electron chi connectivity index (χ0n) is 12.5. The standard InChI is InChI=1S/C15H19N7/c1-21-8-10(6-18-21)12-7-19-22-14(17)5-13(20-15(12)22)9-2-3-11(16)4-9/h5-9,11H,2-4,16-17H2,1H3/t9?,11-/m0/s1. The lowest BCUT2D eigenvalue weighted by Gasteiger charge is -2.11. The van der Waals surface area contributed by atoms with Gasteiger partial charge in [-0.1, -0.05) is 0 Å². The van der Waals surface area contributed by atoms with Gasteiger partial charge in [0.2, 0.25) is 0 Å². The summed E-state index contributed by atoms with van der Waals surface area (Å²) in [7, 11) is 1.89. The van der Waals surface area contributed by atoms with Gasteiger partial charge in [-0.15, -0.1) is 0 Å². The minimum Gasteiger partial charge on any atom is -0.384 e. The lowest BCUT2D eigenvalue weighted by Crippen LogP contribution is -2.15. The molecular formula is C15H19N7. The summed E-state index contributed by atoms with van der Waals surface area (Å²) in [5, 5.41) is 8.57. The largest absolute Gasteiger partial charge is 0.384 e. The van der Waals surface area contributed by atoms with E-state index in [-0.39, 0.29) is 6.04 Å². The minimum atomic E-state index is 0.270. The number of nitrogens with zero attached hydrogens (tertiary/aromatic N) is 5. The predicted molar refractivity (Wildman–Crippen MR) is 84.2 cm³/mol. The van der Waals surface area contributed by atoms with Crippen molar-refractivity contribution in [2.24, 2.45) is 12.8 Å². The van der Waals surface area contributed by atoms with E-state index in [0.29, 0.717) is 11.7 Å². The Bertz CT molecular complexity index is 832. The predicted octanol–water partition coefficient (Wildman–Crippen LogP) is 1.31. The molecule has 0 spiro atoms. The van der Waals surface area contributed by atoms with Crippen LogP contribution in [0.15, 0.2) is 24.7 Å². The first kappa shape index (κ1) is 13.3. The molecule has 3 aromatic rings. The molecule has 3 heterocycles. The van der Waals surface area contributed by atoms with Crippen molar-refractivity contribution in [3.8, 4) is 11.1 Å². The van der Waals surface area contributed by atoms with Crippen LogP contribution >= 0.6 is 0 Å². The molecule has 0 amide bonds. The number of aromatic nitrogens is 5. The molecule has 1 aliphatic carbocycles. The highest BCUT2D eigenvalue weighted by atomic mass is 15.3. The zero-order valence-corrected chi connectivity index (χ0v) is 12.5. The van der Waals surface area contributed by atoms with E-state index >= 15 is 0 Å². The molecule has 0 aliphatic heterocycles. The number of nitrogens with two attached hydrogens (primary N) is 2. The van der Waals surface area contributed by atoms with Crippen molar-refractivity contribution in [1.82, 2.24) is 24.4 Å². The molecule has 2 atom stereocenters. The normalized spacial score (nSPS) is 21.7. The smallest absolute Gasteiger partial charge is 0.165 e. The van der Waals surface area contributed by atoms with Crippen molar-refractivity contribution >= 4 is 11.5 Å². The van der Waals surface area contributed by atoms with Crippen LogP contribution in [0.4, 0.5) is 5.82 Å². The maximum Gasteiger partial charge on any atom is 0.165 e. The Morgan fingerprint density at radius 2 is 2.09 bits per heavy atom. The second-order valence-corrected chi connectivity index (χ2v) is 6.07. The third-order valence-electron chi connectivity index (χ3n) is 4.43. The molecule has 114 valence electrons. The quantitative estimate of drug-likeness (QED) is 0.742. The molecule has 22 heavy (non-hydrogen) atoms. The van der Waals surface area contributed by atoms with Crippen LogP contribution in [0.25, 0.3) is 16.8 Å².